The highest BCUT2D eigenvalue weighted by Gasteiger charge is 1.99. The van der Waals surface area contributed by atoms with Crippen molar-refractivity contribution >= 4 is 10.9 Å². The first-order valence-corrected chi connectivity index (χ1v) is 6.56. The van der Waals surface area contributed by atoms with Gasteiger partial charge in [-0.05, 0) is 30.4 Å². The van der Waals surface area contributed by atoms with Crippen molar-refractivity contribution in [3.8, 4) is 0 Å². The normalized spacial score (nSPS) is 11.1. The topological polar surface area (TPSA) is 25.2 Å². The summed E-state index contributed by atoms with van der Waals surface area (Å²) in [5, 5.41) is 10.0. The largest absolute Gasteiger partial charge is 0.396 e. The molecule has 0 unspecified atom stereocenters. The predicted octanol–water partition coefficient (Wildman–Crippen LogP) is 3.58. The Bertz CT molecular complexity index is 447. The number of hydrogen-bond acceptors (Lipinski definition) is 1. The molecule has 1 aromatic heterocycles. The molecule has 0 aliphatic heterocycles. The van der Waals surface area contributed by atoms with Crippen LogP contribution in [0, 0.1) is 0 Å². The number of aryl methyl sites for hydroxylation is 1. The van der Waals surface area contributed by atoms with Crippen molar-refractivity contribution in [2.24, 2.45) is 0 Å². The molecule has 0 saturated carbocycles. The number of aromatic nitrogens is 1. The highest BCUT2D eigenvalue weighted by atomic mass is 16.2. The Morgan fingerprint density at radius 1 is 0.882 bits per heavy atom. The zero-order valence-corrected chi connectivity index (χ0v) is 10.3. The van der Waals surface area contributed by atoms with Crippen LogP contribution in [-0.2, 0) is 6.54 Å². The zero-order valence-electron chi connectivity index (χ0n) is 10.3. The van der Waals surface area contributed by atoms with Gasteiger partial charge < -0.3 is 9.67 Å². The number of fused-ring (bicyclic) bond motifs is 1. The number of unbranched alkanes of at least 4 members (excludes halogenated alkanes) is 4. The first-order chi connectivity index (χ1) is 8.42. The summed E-state index contributed by atoms with van der Waals surface area (Å²) in [6, 6.07) is 10.7. The number of rotatable bonds is 7. The quantitative estimate of drug-likeness (QED) is 0.724. The number of para-hydroxylation sites is 1. The molecule has 92 valence electrons. The van der Waals surface area contributed by atoms with Gasteiger partial charge in [0.25, 0.3) is 0 Å². The Morgan fingerprint density at radius 3 is 2.53 bits per heavy atom. The van der Waals surface area contributed by atoms with E-state index in [1.165, 1.54) is 30.2 Å². The van der Waals surface area contributed by atoms with Crippen molar-refractivity contribution in [3.63, 3.8) is 0 Å². The molecule has 2 aromatic rings. The van der Waals surface area contributed by atoms with Crippen molar-refractivity contribution in [1.82, 2.24) is 4.57 Å². The van der Waals surface area contributed by atoms with Crippen molar-refractivity contribution in [2.75, 3.05) is 6.61 Å². The molecule has 2 rings (SSSR count). The van der Waals surface area contributed by atoms with Gasteiger partial charge in [-0.25, -0.2) is 0 Å². The lowest BCUT2D eigenvalue weighted by Gasteiger charge is -2.05. The number of nitrogens with zero attached hydrogens (tertiary/aromatic N) is 1. The molecule has 0 saturated heterocycles. The van der Waals surface area contributed by atoms with Crippen LogP contribution in [0.1, 0.15) is 32.1 Å². The van der Waals surface area contributed by atoms with Crippen LogP contribution in [0.15, 0.2) is 36.5 Å². The SMILES string of the molecule is OCCCCCCCn1ccc2ccccc21. The van der Waals surface area contributed by atoms with E-state index in [9.17, 15) is 0 Å². The summed E-state index contributed by atoms with van der Waals surface area (Å²) in [6.45, 7) is 1.44. The minimum Gasteiger partial charge on any atom is -0.396 e. The minimum atomic E-state index is 0.336. The van der Waals surface area contributed by atoms with Gasteiger partial charge in [0.1, 0.15) is 0 Å². The molecule has 1 heterocycles. The van der Waals surface area contributed by atoms with Crippen molar-refractivity contribution < 1.29 is 5.11 Å². The molecule has 2 heteroatoms. The molecule has 1 aromatic carbocycles. The summed E-state index contributed by atoms with van der Waals surface area (Å²) in [5.41, 5.74) is 1.34. The molecule has 0 radical (unpaired) electrons. The second-order valence-electron chi connectivity index (χ2n) is 4.56. The lowest BCUT2D eigenvalue weighted by atomic mass is 10.1. The average molecular weight is 231 g/mol. The Balaban J connectivity index is 1.79. The number of benzene rings is 1. The van der Waals surface area contributed by atoms with E-state index in [0.29, 0.717) is 6.61 Å². The fourth-order valence-electron chi connectivity index (χ4n) is 2.26. The summed E-state index contributed by atoms with van der Waals surface area (Å²) in [5.74, 6) is 0. The van der Waals surface area contributed by atoms with E-state index < -0.39 is 0 Å². The van der Waals surface area contributed by atoms with E-state index in [1.54, 1.807) is 0 Å². The van der Waals surface area contributed by atoms with E-state index in [-0.39, 0.29) is 0 Å². The molecule has 0 spiro atoms. The highest BCUT2D eigenvalue weighted by molar-refractivity contribution is 5.79. The van der Waals surface area contributed by atoms with Crippen LogP contribution in [0.2, 0.25) is 0 Å². The molecule has 0 aliphatic carbocycles. The van der Waals surface area contributed by atoms with E-state index in [0.717, 1.165) is 19.4 Å². The second kappa shape index (κ2) is 6.45. The summed E-state index contributed by atoms with van der Waals surface area (Å²) in [4.78, 5) is 0. The van der Waals surface area contributed by atoms with Crippen LogP contribution >= 0.6 is 0 Å². The molecule has 0 bridgehead atoms. The van der Waals surface area contributed by atoms with E-state index in [4.69, 9.17) is 5.11 Å². The van der Waals surface area contributed by atoms with Gasteiger partial charge in [-0.1, -0.05) is 37.5 Å². The van der Waals surface area contributed by atoms with Crippen molar-refractivity contribution in [1.29, 1.82) is 0 Å². The van der Waals surface area contributed by atoms with Gasteiger partial charge in [0, 0.05) is 24.9 Å². The van der Waals surface area contributed by atoms with Crippen LogP contribution in [-0.4, -0.2) is 16.3 Å². The maximum absolute atomic E-state index is 8.69. The smallest absolute Gasteiger partial charge is 0.0480 e. The molecule has 0 fully saturated rings. The van der Waals surface area contributed by atoms with Gasteiger partial charge in [0.15, 0.2) is 0 Å². The van der Waals surface area contributed by atoms with Crippen LogP contribution in [0.4, 0.5) is 0 Å². The monoisotopic (exact) mass is 231 g/mol. The Morgan fingerprint density at radius 2 is 1.65 bits per heavy atom. The Labute approximate surface area is 103 Å². The lowest BCUT2D eigenvalue weighted by Crippen LogP contribution is -1.95. The minimum absolute atomic E-state index is 0.336. The Kier molecular flexibility index (Phi) is 4.63. The fraction of sp³-hybridized carbons (Fsp3) is 0.467. The van der Waals surface area contributed by atoms with Crippen LogP contribution in [0.25, 0.3) is 10.9 Å². The van der Waals surface area contributed by atoms with Crippen LogP contribution < -0.4 is 0 Å². The third-order valence-corrected chi connectivity index (χ3v) is 3.24. The van der Waals surface area contributed by atoms with Gasteiger partial charge in [-0.15, -0.1) is 0 Å². The first kappa shape index (κ1) is 12.2. The fourth-order valence-corrected chi connectivity index (χ4v) is 2.26. The molecule has 0 aliphatic rings. The second-order valence-corrected chi connectivity index (χ2v) is 4.56. The van der Waals surface area contributed by atoms with Gasteiger partial charge in [0.05, 0.1) is 0 Å². The van der Waals surface area contributed by atoms with Crippen molar-refractivity contribution in [3.05, 3.63) is 36.5 Å². The summed E-state index contributed by atoms with van der Waals surface area (Å²) >= 11 is 0. The molecular formula is C15H21NO. The summed E-state index contributed by atoms with van der Waals surface area (Å²) in [7, 11) is 0. The number of hydrogen-bond donors (Lipinski definition) is 1. The van der Waals surface area contributed by atoms with Gasteiger partial charge in [-0.2, -0.15) is 0 Å². The van der Waals surface area contributed by atoms with Gasteiger partial charge >= 0.3 is 0 Å². The molecule has 1 N–H and O–H groups in total. The van der Waals surface area contributed by atoms with Crippen molar-refractivity contribution in [2.45, 2.75) is 38.6 Å². The summed E-state index contributed by atoms with van der Waals surface area (Å²) < 4.78 is 2.33. The zero-order chi connectivity index (χ0) is 11.9. The molecule has 0 atom stereocenters. The van der Waals surface area contributed by atoms with Gasteiger partial charge in [-0.3, -0.25) is 0 Å². The average Bonchev–Trinajstić information content (AvgIpc) is 2.77. The first-order valence-electron chi connectivity index (χ1n) is 6.56. The molecule has 2 nitrogen and oxygen atoms in total. The van der Waals surface area contributed by atoms with Crippen LogP contribution in [0.3, 0.4) is 0 Å². The number of aliphatic hydroxyl groups excluding tert-OH is 1. The molecule has 17 heavy (non-hydrogen) atoms. The highest BCUT2D eigenvalue weighted by Crippen LogP contribution is 2.16. The van der Waals surface area contributed by atoms with Crippen LogP contribution in [0.5, 0.6) is 0 Å². The van der Waals surface area contributed by atoms with E-state index in [2.05, 4.69) is 41.1 Å². The standard InChI is InChI=1S/C15H21NO/c17-13-7-3-1-2-6-11-16-12-10-14-8-4-5-9-15(14)16/h4-5,8-10,12,17H,1-3,6-7,11,13H2. The Hall–Kier alpha value is -1.28. The third-order valence-electron chi connectivity index (χ3n) is 3.24. The number of aliphatic hydroxyl groups is 1. The maximum Gasteiger partial charge on any atom is 0.0480 e. The third kappa shape index (κ3) is 3.34. The molecule has 0 amide bonds. The summed E-state index contributed by atoms with van der Waals surface area (Å²) in [6.07, 6.45) is 8.00. The lowest BCUT2D eigenvalue weighted by molar-refractivity contribution is 0.282. The van der Waals surface area contributed by atoms with E-state index in [1.807, 2.05) is 0 Å². The maximum atomic E-state index is 8.69. The van der Waals surface area contributed by atoms with E-state index >= 15 is 0 Å². The molecular weight excluding hydrogens is 210 g/mol. The predicted molar refractivity (Wildman–Crippen MR) is 72.1 cm³/mol. The van der Waals surface area contributed by atoms with Gasteiger partial charge in [0.2, 0.25) is 0 Å².